The van der Waals surface area contributed by atoms with Gasteiger partial charge in [0.1, 0.15) is 0 Å². The fraction of sp³-hybridized carbons (Fsp3) is 0.625. The van der Waals surface area contributed by atoms with Gasteiger partial charge in [0.15, 0.2) is 0 Å². The Balaban J connectivity index is 2.25. The van der Waals surface area contributed by atoms with Crippen LogP contribution in [0.2, 0.25) is 5.02 Å². The van der Waals surface area contributed by atoms with Crippen LogP contribution in [0.1, 0.15) is 50.7 Å². The van der Waals surface area contributed by atoms with E-state index in [-0.39, 0.29) is 5.41 Å². The molecule has 0 bridgehead atoms. The number of aliphatic hydroxyl groups excluding tert-OH is 1. The Hall–Kier alpha value is -0.0900. The summed E-state index contributed by atoms with van der Waals surface area (Å²) in [5.74, 6) is 0.778. The van der Waals surface area contributed by atoms with Crippen LogP contribution in [0, 0.1) is 11.3 Å². The van der Waals surface area contributed by atoms with Crippen LogP contribution in [0.15, 0.2) is 22.7 Å². The van der Waals surface area contributed by atoms with Gasteiger partial charge in [-0.05, 0) is 49.8 Å². The van der Waals surface area contributed by atoms with Crippen molar-refractivity contribution in [2.24, 2.45) is 17.1 Å². The third-order valence-corrected chi connectivity index (χ3v) is 5.75. The summed E-state index contributed by atoms with van der Waals surface area (Å²) >= 11 is 9.71. The molecule has 112 valence electrons. The van der Waals surface area contributed by atoms with E-state index in [2.05, 4.69) is 22.9 Å². The highest BCUT2D eigenvalue weighted by molar-refractivity contribution is 9.10. The average molecular weight is 361 g/mol. The molecule has 0 heterocycles. The Morgan fingerprint density at radius 3 is 2.65 bits per heavy atom. The van der Waals surface area contributed by atoms with Crippen molar-refractivity contribution in [2.45, 2.75) is 45.1 Å². The number of halogens is 2. The Labute approximate surface area is 134 Å². The molecular weight excluding hydrogens is 338 g/mol. The summed E-state index contributed by atoms with van der Waals surface area (Å²) in [4.78, 5) is 0. The van der Waals surface area contributed by atoms with Gasteiger partial charge in [-0.1, -0.05) is 40.9 Å². The SMILES string of the molecule is CCC1CCC(CN)(C(O)c2cc(Br)ccc2Cl)CC1. The molecule has 0 saturated heterocycles. The second-order valence-corrected chi connectivity index (χ2v) is 7.31. The highest BCUT2D eigenvalue weighted by Crippen LogP contribution is 2.48. The molecule has 2 rings (SSSR count). The Kier molecular flexibility index (Phi) is 5.52. The Morgan fingerprint density at radius 2 is 2.10 bits per heavy atom. The molecule has 0 aromatic heterocycles. The van der Waals surface area contributed by atoms with Gasteiger partial charge in [-0.15, -0.1) is 0 Å². The molecule has 2 nitrogen and oxygen atoms in total. The van der Waals surface area contributed by atoms with Gasteiger partial charge in [0.05, 0.1) is 6.10 Å². The summed E-state index contributed by atoms with van der Waals surface area (Å²) in [5, 5.41) is 11.5. The van der Waals surface area contributed by atoms with Gasteiger partial charge in [0.25, 0.3) is 0 Å². The number of nitrogens with two attached hydrogens (primary N) is 1. The number of rotatable bonds is 4. The number of hydrogen-bond acceptors (Lipinski definition) is 2. The van der Waals surface area contributed by atoms with Gasteiger partial charge >= 0.3 is 0 Å². The second kappa shape index (κ2) is 6.78. The molecule has 3 N–H and O–H groups in total. The molecule has 1 saturated carbocycles. The number of hydrogen-bond donors (Lipinski definition) is 2. The molecule has 1 unspecified atom stereocenters. The van der Waals surface area contributed by atoms with E-state index in [1.807, 2.05) is 18.2 Å². The molecule has 0 spiro atoms. The molecule has 0 aliphatic heterocycles. The zero-order valence-electron chi connectivity index (χ0n) is 11.9. The fourth-order valence-electron chi connectivity index (χ4n) is 3.30. The molecule has 1 fully saturated rings. The van der Waals surface area contributed by atoms with E-state index in [0.29, 0.717) is 11.6 Å². The van der Waals surface area contributed by atoms with Gasteiger partial charge in [-0.25, -0.2) is 0 Å². The summed E-state index contributed by atoms with van der Waals surface area (Å²) < 4.78 is 0.936. The molecular formula is C16H23BrClNO. The third-order valence-electron chi connectivity index (χ3n) is 4.92. The van der Waals surface area contributed by atoms with Gasteiger partial charge in [-0.2, -0.15) is 0 Å². The maximum atomic E-state index is 10.9. The number of benzene rings is 1. The van der Waals surface area contributed by atoms with Crippen molar-refractivity contribution in [3.8, 4) is 0 Å². The monoisotopic (exact) mass is 359 g/mol. The van der Waals surface area contributed by atoms with E-state index >= 15 is 0 Å². The predicted molar refractivity (Wildman–Crippen MR) is 87.8 cm³/mol. The van der Waals surface area contributed by atoms with Crippen LogP contribution in [0.5, 0.6) is 0 Å². The first kappa shape index (κ1) is 16.3. The first-order valence-corrected chi connectivity index (χ1v) is 8.52. The molecule has 20 heavy (non-hydrogen) atoms. The largest absolute Gasteiger partial charge is 0.388 e. The minimum atomic E-state index is -0.588. The second-order valence-electron chi connectivity index (χ2n) is 5.99. The first-order chi connectivity index (χ1) is 9.52. The summed E-state index contributed by atoms with van der Waals surface area (Å²) in [5.41, 5.74) is 6.60. The smallest absolute Gasteiger partial charge is 0.0873 e. The van der Waals surface area contributed by atoms with Crippen LogP contribution in [-0.2, 0) is 0 Å². The van der Waals surface area contributed by atoms with Crippen LogP contribution in [-0.4, -0.2) is 11.7 Å². The fourth-order valence-corrected chi connectivity index (χ4v) is 3.90. The lowest BCUT2D eigenvalue weighted by Gasteiger charge is -2.43. The molecule has 4 heteroatoms. The van der Waals surface area contributed by atoms with Crippen molar-refractivity contribution in [2.75, 3.05) is 6.54 Å². The molecule has 0 amide bonds. The van der Waals surface area contributed by atoms with Gasteiger partial charge in [0.2, 0.25) is 0 Å². The standard InChI is InChI=1S/C16H23BrClNO/c1-2-11-5-7-16(10-19,8-6-11)15(20)13-9-12(17)3-4-14(13)18/h3-4,9,11,15,20H,2,5-8,10,19H2,1H3. The average Bonchev–Trinajstić information content (AvgIpc) is 2.49. The zero-order valence-corrected chi connectivity index (χ0v) is 14.3. The summed E-state index contributed by atoms with van der Waals surface area (Å²) in [7, 11) is 0. The lowest BCUT2D eigenvalue weighted by atomic mass is 9.65. The summed E-state index contributed by atoms with van der Waals surface area (Å²) in [6.45, 7) is 2.75. The van der Waals surface area contributed by atoms with Crippen molar-refractivity contribution >= 4 is 27.5 Å². The van der Waals surface area contributed by atoms with E-state index in [1.54, 1.807) is 0 Å². The van der Waals surface area contributed by atoms with Crippen LogP contribution >= 0.6 is 27.5 Å². The van der Waals surface area contributed by atoms with Crippen molar-refractivity contribution < 1.29 is 5.11 Å². The number of aliphatic hydroxyl groups is 1. The normalized spacial score (nSPS) is 28.4. The predicted octanol–water partition coefficient (Wildman–Crippen LogP) is 4.68. The van der Waals surface area contributed by atoms with Crippen molar-refractivity contribution in [1.29, 1.82) is 0 Å². The minimum absolute atomic E-state index is 0.226. The topological polar surface area (TPSA) is 46.2 Å². The molecule has 1 aromatic rings. The van der Waals surface area contributed by atoms with E-state index in [1.165, 1.54) is 6.42 Å². The van der Waals surface area contributed by atoms with Crippen molar-refractivity contribution in [3.05, 3.63) is 33.3 Å². The zero-order chi connectivity index (χ0) is 14.8. The van der Waals surface area contributed by atoms with Gasteiger partial charge < -0.3 is 10.8 Å². The quantitative estimate of drug-likeness (QED) is 0.819. The van der Waals surface area contributed by atoms with Crippen LogP contribution < -0.4 is 5.73 Å². The Morgan fingerprint density at radius 1 is 1.45 bits per heavy atom. The van der Waals surface area contributed by atoms with Crippen LogP contribution in [0.4, 0.5) is 0 Å². The summed E-state index contributed by atoms with van der Waals surface area (Å²) in [6.07, 6.45) is 4.88. The highest BCUT2D eigenvalue weighted by atomic mass is 79.9. The lowest BCUT2D eigenvalue weighted by molar-refractivity contribution is -0.0103. The van der Waals surface area contributed by atoms with E-state index in [9.17, 15) is 5.11 Å². The molecule has 0 radical (unpaired) electrons. The van der Waals surface area contributed by atoms with Crippen molar-refractivity contribution in [3.63, 3.8) is 0 Å². The summed E-state index contributed by atoms with van der Waals surface area (Å²) in [6, 6.07) is 5.63. The highest BCUT2D eigenvalue weighted by Gasteiger charge is 2.41. The van der Waals surface area contributed by atoms with Crippen LogP contribution in [0.25, 0.3) is 0 Å². The van der Waals surface area contributed by atoms with Gasteiger partial charge in [0, 0.05) is 27.0 Å². The molecule has 1 aliphatic rings. The lowest BCUT2D eigenvalue weighted by Crippen LogP contribution is -2.40. The van der Waals surface area contributed by atoms with Crippen LogP contribution in [0.3, 0.4) is 0 Å². The molecule has 1 aromatic carbocycles. The maximum absolute atomic E-state index is 10.9. The minimum Gasteiger partial charge on any atom is -0.388 e. The maximum Gasteiger partial charge on any atom is 0.0873 e. The first-order valence-electron chi connectivity index (χ1n) is 7.35. The van der Waals surface area contributed by atoms with Crippen molar-refractivity contribution in [1.82, 2.24) is 0 Å². The van der Waals surface area contributed by atoms with E-state index in [4.69, 9.17) is 17.3 Å². The van der Waals surface area contributed by atoms with Gasteiger partial charge in [-0.3, -0.25) is 0 Å². The third kappa shape index (κ3) is 3.22. The molecule has 1 aliphatic carbocycles. The molecule has 1 atom stereocenters. The van der Waals surface area contributed by atoms with E-state index in [0.717, 1.165) is 41.6 Å². The Bertz CT molecular complexity index is 458. The van der Waals surface area contributed by atoms with E-state index < -0.39 is 6.10 Å².